The van der Waals surface area contributed by atoms with Gasteiger partial charge >= 0.3 is 12.3 Å². The third-order valence-corrected chi connectivity index (χ3v) is 5.68. The SMILES string of the molecule is O=C(O)N1[C@@H](c2cccc(-c3ccc(C(F)(F)F)cc3)n2)CC[C@]12CCNC2=O. The van der Waals surface area contributed by atoms with Crippen LogP contribution in [0.1, 0.15) is 36.6 Å². The van der Waals surface area contributed by atoms with Crippen molar-refractivity contribution in [2.45, 2.75) is 37.0 Å². The van der Waals surface area contributed by atoms with Crippen molar-refractivity contribution in [2.24, 2.45) is 0 Å². The molecule has 0 saturated carbocycles. The molecule has 2 atom stereocenters. The van der Waals surface area contributed by atoms with E-state index in [2.05, 4.69) is 10.3 Å². The third kappa shape index (κ3) is 3.20. The van der Waals surface area contributed by atoms with Crippen molar-refractivity contribution in [3.63, 3.8) is 0 Å². The van der Waals surface area contributed by atoms with E-state index in [0.29, 0.717) is 42.8 Å². The lowest BCUT2D eigenvalue weighted by Gasteiger charge is -2.33. The lowest BCUT2D eigenvalue weighted by atomic mass is 9.95. The minimum atomic E-state index is -4.42. The van der Waals surface area contributed by atoms with E-state index in [1.807, 2.05) is 0 Å². The molecule has 152 valence electrons. The van der Waals surface area contributed by atoms with Crippen LogP contribution < -0.4 is 5.32 Å². The zero-order chi connectivity index (χ0) is 20.8. The fourth-order valence-corrected chi connectivity index (χ4v) is 4.28. The summed E-state index contributed by atoms with van der Waals surface area (Å²) in [7, 11) is 0. The van der Waals surface area contributed by atoms with E-state index in [-0.39, 0.29) is 5.91 Å². The highest BCUT2D eigenvalue weighted by Crippen LogP contribution is 2.46. The molecule has 1 spiro atoms. The number of carbonyl (C=O) groups is 2. The Bertz CT molecular complexity index is 961. The van der Waals surface area contributed by atoms with Gasteiger partial charge in [0.2, 0.25) is 5.91 Å². The molecule has 6 nitrogen and oxygen atoms in total. The molecule has 2 aromatic rings. The molecular formula is C20H18F3N3O3. The van der Waals surface area contributed by atoms with E-state index >= 15 is 0 Å². The van der Waals surface area contributed by atoms with E-state index in [4.69, 9.17) is 0 Å². The summed E-state index contributed by atoms with van der Waals surface area (Å²) in [5.74, 6) is -0.290. The summed E-state index contributed by atoms with van der Waals surface area (Å²) in [5.41, 5.74) is -0.421. The molecule has 1 aromatic heterocycles. The number of nitrogens with zero attached hydrogens (tertiary/aromatic N) is 2. The molecule has 0 radical (unpaired) electrons. The smallest absolute Gasteiger partial charge is 0.416 e. The fraction of sp³-hybridized carbons (Fsp3) is 0.350. The zero-order valence-corrected chi connectivity index (χ0v) is 15.2. The van der Waals surface area contributed by atoms with Crippen LogP contribution in [-0.2, 0) is 11.0 Å². The number of carboxylic acid groups (broad SMARTS) is 1. The van der Waals surface area contributed by atoms with Gasteiger partial charge in [-0.05, 0) is 43.5 Å². The van der Waals surface area contributed by atoms with Crippen molar-refractivity contribution >= 4 is 12.0 Å². The normalized spacial score (nSPS) is 24.2. The van der Waals surface area contributed by atoms with E-state index in [0.717, 1.165) is 12.1 Å². The largest absolute Gasteiger partial charge is 0.465 e. The van der Waals surface area contributed by atoms with Crippen LogP contribution in [0.3, 0.4) is 0 Å². The first-order valence-electron chi connectivity index (χ1n) is 9.17. The highest BCUT2D eigenvalue weighted by Gasteiger charge is 2.56. The van der Waals surface area contributed by atoms with E-state index < -0.39 is 29.4 Å². The first-order chi connectivity index (χ1) is 13.7. The first-order valence-corrected chi connectivity index (χ1v) is 9.17. The molecule has 9 heteroatoms. The molecule has 0 bridgehead atoms. The molecule has 2 aliphatic heterocycles. The van der Waals surface area contributed by atoms with Crippen LogP contribution in [0.2, 0.25) is 0 Å². The Hall–Kier alpha value is -3.10. The van der Waals surface area contributed by atoms with Gasteiger partial charge in [-0.1, -0.05) is 18.2 Å². The molecule has 29 heavy (non-hydrogen) atoms. The number of benzene rings is 1. The van der Waals surface area contributed by atoms with Gasteiger partial charge in [0.15, 0.2) is 0 Å². The van der Waals surface area contributed by atoms with E-state index in [9.17, 15) is 27.9 Å². The summed E-state index contributed by atoms with van der Waals surface area (Å²) >= 11 is 0. The quantitative estimate of drug-likeness (QED) is 0.795. The van der Waals surface area contributed by atoms with Gasteiger partial charge in [-0.15, -0.1) is 0 Å². The number of carbonyl (C=O) groups excluding carboxylic acids is 1. The number of hydrogen-bond acceptors (Lipinski definition) is 3. The topological polar surface area (TPSA) is 82.5 Å². The minimum Gasteiger partial charge on any atom is -0.465 e. The maximum absolute atomic E-state index is 12.8. The average molecular weight is 405 g/mol. The average Bonchev–Trinajstić information content (AvgIpc) is 3.25. The summed E-state index contributed by atoms with van der Waals surface area (Å²) in [6, 6.07) is 9.08. The fourth-order valence-electron chi connectivity index (χ4n) is 4.28. The predicted octanol–water partition coefficient (Wildman–Crippen LogP) is 3.84. The second-order valence-corrected chi connectivity index (χ2v) is 7.27. The Morgan fingerprint density at radius 3 is 2.48 bits per heavy atom. The predicted molar refractivity (Wildman–Crippen MR) is 96.9 cm³/mol. The number of likely N-dealkylation sites (tertiary alicyclic amines) is 1. The Morgan fingerprint density at radius 2 is 1.90 bits per heavy atom. The standard InChI is InChI=1S/C20H18F3N3O3/c21-20(22,23)13-6-4-12(5-7-13)14-2-1-3-15(25-14)16-8-9-19(26(16)18(28)29)10-11-24-17(19)27/h1-7,16H,8-11H2,(H,24,27)(H,28,29)/t16-,19-/m1/s1. The molecule has 2 saturated heterocycles. The second kappa shape index (κ2) is 6.75. The molecule has 3 heterocycles. The van der Waals surface area contributed by atoms with Crippen molar-refractivity contribution in [2.75, 3.05) is 6.54 Å². The molecular weight excluding hydrogens is 387 g/mol. The van der Waals surface area contributed by atoms with Crippen molar-refractivity contribution < 1.29 is 27.9 Å². The Kier molecular flexibility index (Phi) is 4.48. The van der Waals surface area contributed by atoms with Gasteiger partial charge in [0.1, 0.15) is 5.54 Å². The van der Waals surface area contributed by atoms with Crippen LogP contribution in [0.4, 0.5) is 18.0 Å². The Morgan fingerprint density at radius 1 is 1.17 bits per heavy atom. The molecule has 4 rings (SSSR count). The summed E-state index contributed by atoms with van der Waals surface area (Å²) in [6.07, 6.45) is -4.35. The molecule has 0 aliphatic carbocycles. The molecule has 0 unspecified atom stereocenters. The van der Waals surface area contributed by atoms with Crippen molar-refractivity contribution in [3.05, 3.63) is 53.7 Å². The number of hydrogen-bond donors (Lipinski definition) is 2. The number of alkyl halides is 3. The highest BCUT2D eigenvalue weighted by atomic mass is 19.4. The number of amides is 2. The monoisotopic (exact) mass is 405 g/mol. The first kappa shape index (κ1) is 19.2. The summed E-state index contributed by atoms with van der Waals surface area (Å²) in [4.78, 5) is 30.1. The molecule has 1 aromatic carbocycles. The number of pyridine rings is 1. The molecule has 2 aliphatic rings. The third-order valence-electron chi connectivity index (χ3n) is 5.68. The molecule has 2 amide bonds. The van der Waals surface area contributed by atoms with E-state index in [1.54, 1.807) is 18.2 Å². The van der Waals surface area contributed by atoms with Crippen LogP contribution in [0.25, 0.3) is 11.3 Å². The van der Waals surface area contributed by atoms with Gasteiger partial charge in [0, 0.05) is 12.1 Å². The molecule has 2 fully saturated rings. The zero-order valence-electron chi connectivity index (χ0n) is 15.2. The van der Waals surface area contributed by atoms with Crippen LogP contribution in [-0.4, -0.2) is 39.1 Å². The van der Waals surface area contributed by atoms with Gasteiger partial charge in [0.05, 0.1) is 23.0 Å². The van der Waals surface area contributed by atoms with E-state index in [1.165, 1.54) is 17.0 Å². The van der Waals surface area contributed by atoms with Crippen LogP contribution in [0.5, 0.6) is 0 Å². The number of nitrogens with one attached hydrogen (secondary N) is 1. The van der Waals surface area contributed by atoms with Crippen LogP contribution in [0.15, 0.2) is 42.5 Å². The summed E-state index contributed by atoms with van der Waals surface area (Å²) < 4.78 is 38.3. The summed E-state index contributed by atoms with van der Waals surface area (Å²) in [5, 5.41) is 12.5. The Balaban J connectivity index is 1.67. The lowest BCUT2D eigenvalue weighted by Crippen LogP contribution is -2.52. The maximum Gasteiger partial charge on any atom is 0.416 e. The van der Waals surface area contributed by atoms with Crippen LogP contribution >= 0.6 is 0 Å². The van der Waals surface area contributed by atoms with Crippen molar-refractivity contribution in [1.82, 2.24) is 15.2 Å². The summed E-state index contributed by atoms with van der Waals surface area (Å²) in [6.45, 7) is 0.425. The van der Waals surface area contributed by atoms with Gasteiger partial charge in [0.25, 0.3) is 0 Å². The number of aromatic nitrogens is 1. The van der Waals surface area contributed by atoms with Crippen molar-refractivity contribution in [3.8, 4) is 11.3 Å². The highest BCUT2D eigenvalue weighted by molar-refractivity contribution is 5.92. The number of halogens is 3. The van der Waals surface area contributed by atoms with Gasteiger partial charge in [-0.25, -0.2) is 4.79 Å². The van der Waals surface area contributed by atoms with Crippen molar-refractivity contribution in [1.29, 1.82) is 0 Å². The Labute approximate surface area is 164 Å². The lowest BCUT2D eigenvalue weighted by molar-refractivity contribution is -0.137. The van der Waals surface area contributed by atoms with Gasteiger partial charge in [-0.2, -0.15) is 13.2 Å². The van der Waals surface area contributed by atoms with Gasteiger partial charge in [-0.3, -0.25) is 14.7 Å². The van der Waals surface area contributed by atoms with Crippen LogP contribution in [0, 0.1) is 0 Å². The second-order valence-electron chi connectivity index (χ2n) is 7.27. The molecule has 2 N–H and O–H groups in total. The van der Waals surface area contributed by atoms with Gasteiger partial charge < -0.3 is 10.4 Å². The minimum absolute atomic E-state index is 0.290. The number of rotatable bonds is 2. The maximum atomic E-state index is 12.8.